The summed E-state index contributed by atoms with van der Waals surface area (Å²) >= 11 is 1.61. The summed E-state index contributed by atoms with van der Waals surface area (Å²) in [6, 6.07) is 12.0. The van der Waals surface area contributed by atoms with E-state index in [2.05, 4.69) is 26.4 Å². The zero-order chi connectivity index (χ0) is 20.1. The summed E-state index contributed by atoms with van der Waals surface area (Å²) in [7, 11) is 0. The van der Waals surface area contributed by atoms with Crippen LogP contribution in [0.25, 0.3) is 32.9 Å². The van der Waals surface area contributed by atoms with E-state index in [-0.39, 0.29) is 0 Å². The van der Waals surface area contributed by atoms with Crippen LogP contribution in [0.15, 0.2) is 66.6 Å². The molecule has 2 N–H and O–H groups in total. The van der Waals surface area contributed by atoms with Crippen LogP contribution in [0.1, 0.15) is 24.2 Å². The highest BCUT2D eigenvalue weighted by molar-refractivity contribution is 7.13. The fraction of sp³-hybridized carbons (Fsp3) is 0.174. The molecule has 0 saturated carbocycles. The number of aliphatic hydroxyl groups is 1. The van der Waals surface area contributed by atoms with E-state index in [0.717, 1.165) is 57.2 Å². The number of aromatic nitrogens is 5. The predicted molar refractivity (Wildman–Crippen MR) is 117 cm³/mol. The standard InChI is InChI=1S/C23H19N5OS/c29-23(7-3-10-28-11-9-25-22(23)28)16-5-1-4-15(12-16)19-14-30-21(27-19)18-13-26-20-17(18)6-2-8-24-20/h1-2,4-6,8-9,11-14,29H,3,7,10H2,(H,24,26)/t23-/m0/s1. The first-order valence-corrected chi connectivity index (χ1v) is 10.8. The van der Waals surface area contributed by atoms with E-state index in [1.807, 2.05) is 47.3 Å². The van der Waals surface area contributed by atoms with Crippen LogP contribution in [0.4, 0.5) is 0 Å². The minimum atomic E-state index is -1.07. The van der Waals surface area contributed by atoms with Crippen LogP contribution in [0.5, 0.6) is 0 Å². The highest BCUT2D eigenvalue weighted by Crippen LogP contribution is 2.39. The summed E-state index contributed by atoms with van der Waals surface area (Å²) in [5, 5.41) is 15.6. The number of benzene rings is 1. The number of hydrogen-bond donors (Lipinski definition) is 2. The number of nitrogens with zero attached hydrogens (tertiary/aromatic N) is 4. The summed E-state index contributed by atoms with van der Waals surface area (Å²) in [5.74, 6) is 0.719. The van der Waals surface area contributed by atoms with E-state index in [1.54, 1.807) is 23.7 Å². The Balaban J connectivity index is 1.40. The minimum absolute atomic E-state index is 0.665. The lowest BCUT2D eigenvalue weighted by Gasteiger charge is -2.33. The Morgan fingerprint density at radius 1 is 1.13 bits per heavy atom. The smallest absolute Gasteiger partial charge is 0.147 e. The van der Waals surface area contributed by atoms with Gasteiger partial charge in [0.05, 0.1) is 5.69 Å². The van der Waals surface area contributed by atoms with Gasteiger partial charge in [0.1, 0.15) is 22.1 Å². The summed E-state index contributed by atoms with van der Waals surface area (Å²) in [5.41, 5.74) is 3.60. The summed E-state index contributed by atoms with van der Waals surface area (Å²) < 4.78 is 2.04. The van der Waals surface area contributed by atoms with E-state index >= 15 is 0 Å². The monoisotopic (exact) mass is 413 g/mol. The number of aromatic amines is 1. The molecule has 1 atom stereocenters. The van der Waals surface area contributed by atoms with Crippen LogP contribution in [-0.4, -0.2) is 29.6 Å². The maximum atomic E-state index is 11.5. The molecule has 0 radical (unpaired) electrons. The lowest BCUT2D eigenvalue weighted by Crippen LogP contribution is -2.35. The molecule has 5 aromatic rings. The number of nitrogens with one attached hydrogen (secondary N) is 1. The van der Waals surface area contributed by atoms with Crippen molar-refractivity contribution in [1.29, 1.82) is 0 Å². The van der Waals surface area contributed by atoms with Gasteiger partial charge in [-0.05, 0) is 36.6 Å². The lowest BCUT2D eigenvalue weighted by molar-refractivity contribution is 0.0420. The lowest BCUT2D eigenvalue weighted by atomic mass is 9.85. The van der Waals surface area contributed by atoms with E-state index in [9.17, 15) is 5.11 Å². The predicted octanol–water partition coefficient (Wildman–Crippen LogP) is 4.58. The molecule has 1 aliphatic rings. The van der Waals surface area contributed by atoms with Crippen molar-refractivity contribution in [2.24, 2.45) is 0 Å². The van der Waals surface area contributed by atoms with Crippen molar-refractivity contribution in [2.45, 2.75) is 25.0 Å². The minimum Gasteiger partial charge on any atom is -0.377 e. The summed E-state index contributed by atoms with van der Waals surface area (Å²) in [6.07, 6.45) is 9.02. The van der Waals surface area contributed by atoms with Crippen LogP contribution in [0.2, 0.25) is 0 Å². The maximum absolute atomic E-state index is 11.5. The van der Waals surface area contributed by atoms with Gasteiger partial charge in [-0.1, -0.05) is 18.2 Å². The molecule has 1 aromatic carbocycles. The average Bonchev–Trinajstić information content (AvgIpc) is 3.53. The van der Waals surface area contributed by atoms with Crippen molar-refractivity contribution >= 4 is 22.4 Å². The zero-order valence-electron chi connectivity index (χ0n) is 16.1. The largest absolute Gasteiger partial charge is 0.377 e. The van der Waals surface area contributed by atoms with Gasteiger partial charge in [-0.3, -0.25) is 0 Å². The number of imidazole rings is 1. The van der Waals surface area contributed by atoms with Gasteiger partial charge < -0.3 is 14.7 Å². The molecular weight excluding hydrogens is 394 g/mol. The molecule has 0 amide bonds. The van der Waals surface area contributed by atoms with E-state index in [0.29, 0.717) is 6.42 Å². The second-order valence-corrected chi connectivity index (χ2v) is 8.49. The second kappa shape index (κ2) is 6.62. The number of aryl methyl sites for hydroxylation is 1. The third-order valence-corrected chi connectivity index (χ3v) is 6.72. The van der Waals surface area contributed by atoms with Crippen LogP contribution in [0, 0.1) is 0 Å². The van der Waals surface area contributed by atoms with Crippen molar-refractivity contribution < 1.29 is 5.11 Å². The van der Waals surface area contributed by atoms with Crippen LogP contribution in [-0.2, 0) is 12.1 Å². The molecule has 0 fully saturated rings. The molecule has 0 saturated heterocycles. The van der Waals surface area contributed by atoms with Crippen molar-refractivity contribution in [1.82, 2.24) is 24.5 Å². The Bertz CT molecular complexity index is 1370. The molecule has 0 spiro atoms. The first-order valence-electron chi connectivity index (χ1n) is 9.95. The number of fused-ring (bicyclic) bond motifs is 2. The van der Waals surface area contributed by atoms with E-state index in [1.165, 1.54) is 0 Å². The molecule has 6 nitrogen and oxygen atoms in total. The highest BCUT2D eigenvalue weighted by atomic mass is 32.1. The summed E-state index contributed by atoms with van der Waals surface area (Å²) in [4.78, 5) is 16.9. The number of thiazole rings is 1. The van der Waals surface area contributed by atoms with E-state index < -0.39 is 5.60 Å². The fourth-order valence-corrected chi connectivity index (χ4v) is 5.20. The molecule has 4 aromatic heterocycles. The van der Waals surface area contributed by atoms with Gasteiger partial charge in [-0.2, -0.15) is 0 Å². The normalized spacial score (nSPS) is 18.6. The van der Waals surface area contributed by atoms with Gasteiger partial charge in [0.25, 0.3) is 0 Å². The van der Waals surface area contributed by atoms with Crippen molar-refractivity contribution in [3.63, 3.8) is 0 Å². The molecule has 0 unspecified atom stereocenters. The van der Waals surface area contributed by atoms with Crippen LogP contribution >= 0.6 is 11.3 Å². The van der Waals surface area contributed by atoms with Crippen LogP contribution < -0.4 is 0 Å². The molecule has 0 bridgehead atoms. The maximum Gasteiger partial charge on any atom is 0.147 e. The highest BCUT2D eigenvalue weighted by Gasteiger charge is 2.38. The Morgan fingerprint density at radius 2 is 2.10 bits per heavy atom. The fourth-order valence-electron chi connectivity index (χ4n) is 4.34. The van der Waals surface area contributed by atoms with Crippen LogP contribution in [0.3, 0.4) is 0 Å². The Kier molecular flexibility index (Phi) is 3.87. The number of hydrogen-bond acceptors (Lipinski definition) is 5. The zero-order valence-corrected chi connectivity index (χ0v) is 16.9. The second-order valence-electron chi connectivity index (χ2n) is 7.63. The third kappa shape index (κ3) is 2.63. The SMILES string of the molecule is O[C@]1(c2cccc(-c3csc(-c4c[nH]c5ncccc45)n3)c2)CCCn2ccnc21. The van der Waals surface area contributed by atoms with Crippen molar-refractivity contribution in [2.75, 3.05) is 0 Å². The van der Waals surface area contributed by atoms with Gasteiger partial charge in [-0.25, -0.2) is 15.0 Å². The molecule has 6 rings (SSSR count). The topological polar surface area (TPSA) is 79.6 Å². The van der Waals surface area contributed by atoms with Gasteiger partial charge >= 0.3 is 0 Å². The molecule has 0 aliphatic carbocycles. The average molecular weight is 414 g/mol. The molecule has 1 aliphatic heterocycles. The van der Waals surface area contributed by atoms with Crippen molar-refractivity contribution in [3.05, 3.63) is 78.0 Å². The third-order valence-electron chi connectivity index (χ3n) is 5.84. The molecule has 5 heterocycles. The van der Waals surface area contributed by atoms with Crippen molar-refractivity contribution in [3.8, 4) is 21.8 Å². The first-order chi connectivity index (χ1) is 14.7. The number of rotatable bonds is 3. The number of H-pyrrole nitrogens is 1. The summed E-state index contributed by atoms with van der Waals surface area (Å²) in [6.45, 7) is 0.895. The quantitative estimate of drug-likeness (QED) is 0.454. The molecule has 148 valence electrons. The molecule has 30 heavy (non-hydrogen) atoms. The Morgan fingerprint density at radius 3 is 3.07 bits per heavy atom. The number of pyridine rings is 1. The van der Waals surface area contributed by atoms with Gasteiger partial charge in [0, 0.05) is 53.2 Å². The Labute approximate surface area is 176 Å². The van der Waals surface area contributed by atoms with Gasteiger partial charge in [0.2, 0.25) is 0 Å². The van der Waals surface area contributed by atoms with Gasteiger partial charge in [0.15, 0.2) is 0 Å². The molecular formula is C23H19N5OS. The van der Waals surface area contributed by atoms with Gasteiger partial charge in [-0.15, -0.1) is 11.3 Å². The van der Waals surface area contributed by atoms with E-state index in [4.69, 9.17) is 4.98 Å². The molecule has 7 heteroatoms. The Hall–Kier alpha value is -3.29. The first kappa shape index (κ1) is 17.6.